The van der Waals surface area contributed by atoms with Gasteiger partial charge in [0, 0.05) is 0 Å². The van der Waals surface area contributed by atoms with E-state index >= 15 is 0 Å². The molecule has 65 heavy (non-hydrogen) atoms. The van der Waals surface area contributed by atoms with Crippen LogP contribution in [-0.2, 0) is 5.41 Å². The van der Waals surface area contributed by atoms with Crippen molar-refractivity contribution in [2.75, 3.05) is 0 Å². The SMILES string of the molecule is c1ccc2c(c1)-c1ccccc1C21c2cc3cc(-c4c5ccccc5c(-c5cc6ccccc6c6ccccc56)c5ccccc45)ccc3cc2-c2c1c1ccccc1c1ccccc21. The average Bonchev–Trinajstić information content (AvgIpc) is 3.84. The van der Waals surface area contributed by atoms with Gasteiger partial charge >= 0.3 is 0 Å². The molecule has 0 heteroatoms. The summed E-state index contributed by atoms with van der Waals surface area (Å²) in [5, 5.41) is 17.9. The molecule has 13 aromatic carbocycles. The van der Waals surface area contributed by atoms with Crippen molar-refractivity contribution in [3.8, 4) is 44.5 Å². The molecular weight excluding hydrogens is 781 g/mol. The van der Waals surface area contributed by atoms with Crippen LogP contribution >= 0.6 is 0 Å². The third-order valence-corrected chi connectivity index (χ3v) is 15.2. The summed E-state index contributed by atoms with van der Waals surface area (Å²) in [6, 6.07) is 87.2. The Labute approximate surface area is 376 Å². The maximum atomic E-state index is 2.57. The molecule has 0 aromatic heterocycles. The zero-order valence-corrected chi connectivity index (χ0v) is 35.4. The fraction of sp³-hybridized carbons (Fsp3) is 0.0154. The summed E-state index contributed by atoms with van der Waals surface area (Å²) in [6.07, 6.45) is 0. The van der Waals surface area contributed by atoms with Crippen molar-refractivity contribution in [2.24, 2.45) is 0 Å². The van der Waals surface area contributed by atoms with Crippen molar-refractivity contribution in [3.05, 3.63) is 253 Å². The summed E-state index contributed by atoms with van der Waals surface area (Å²) in [5.74, 6) is 0. The lowest BCUT2D eigenvalue weighted by Gasteiger charge is -2.32. The smallest absolute Gasteiger partial charge is 0.0619 e. The van der Waals surface area contributed by atoms with E-state index in [0.717, 1.165) is 0 Å². The minimum absolute atomic E-state index is 0.491. The largest absolute Gasteiger partial charge is 0.0731 e. The van der Waals surface area contributed by atoms with Gasteiger partial charge in [-0.15, -0.1) is 0 Å². The van der Waals surface area contributed by atoms with E-state index in [9.17, 15) is 0 Å². The topological polar surface area (TPSA) is 0 Å². The number of rotatable bonds is 2. The Kier molecular flexibility index (Phi) is 6.97. The van der Waals surface area contributed by atoms with Gasteiger partial charge < -0.3 is 0 Å². The minimum atomic E-state index is -0.491. The normalized spacial score (nSPS) is 13.4. The Morgan fingerprint density at radius 3 is 1.29 bits per heavy atom. The third-order valence-electron chi connectivity index (χ3n) is 15.2. The number of benzene rings is 13. The van der Waals surface area contributed by atoms with E-state index in [1.165, 1.54) is 142 Å². The fourth-order valence-electron chi connectivity index (χ4n) is 12.7. The number of hydrogen-bond donors (Lipinski definition) is 0. The lowest BCUT2D eigenvalue weighted by Crippen LogP contribution is -2.26. The van der Waals surface area contributed by atoms with E-state index in [2.05, 4.69) is 231 Å². The second-order valence-corrected chi connectivity index (χ2v) is 18.2. The predicted molar refractivity (Wildman–Crippen MR) is 276 cm³/mol. The molecule has 15 rings (SSSR count). The van der Waals surface area contributed by atoms with E-state index in [4.69, 9.17) is 0 Å². The summed E-state index contributed by atoms with van der Waals surface area (Å²) >= 11 is 0. The van der Waals surface area contributed by atoms with Crippen LogP contribution in [0.25, 0.3) is 120 Å². The van der Waals surface area contributed by atoms with Gasteiger partial charge in [0.05, 0.1) is 5.41 Å². The molecule has 0 bridgehead atoms. The highest BCUT2D eigenvalue weighted by molar-refractivity contribution is 6.26. The zero-order valence-electron chi connectivity index (χ0n) is 35.4. The number of fused-ring (bicyclic) bond motifs is 21. The molecular formula is C65H38. The molecule has 0 amide bonds. The fourth-order valence-corrected chi connectivity index (χ4v) is 12.7. The lowest BCUT2D eigenvalue weighted by atomic mass is 9.69. The average molecular weight is 819 g/mol. The highest BCUT2D eigenvalue weighted by Gasteiger charge is 2.53. The Balaban J connectivity index is 1.04. The maximum absolute atomic E-state index is 2.57. The van der Waals surface area contributed by atoms with Crippen molar-refractivity contribution in [1.82, 2.24) is 0 Å². The molecule has 2 aliphatic rings. The van der Waals surface area contributed by atoms with Crippen molar-refractivity contribution in [2.45, 2.75) is 5.41 Å². The van der Waals surface area contributed by atoms with E-state index in [1.807, 2.05) is 0 Å². The Morgan fingerprint density at radius 1 is 0.215 bits per heavy atom. The first-order valence-electron chi connectivity index (χ1n) is 22.8. The lowest BCUT2D eigenvalue weighted by molar-refractivity contribution is 0.803. The second kappa shape index (κ2) is 12.9. The Morgan fingerprint density at radius 2 is 0.662 bits per heavy atom. The monoisotopic (exact) mass is 818 g/mol. The molecule has 0 saturated carbocycles. The van der Waals surface area contributed by atoms with Gasteiger partial charge in [-0.25, -0.2) is 0 Å². The van der Waals surface area contributed by atoms with E-state index in [0.29, 0.717) is 0 Å². The van der Waals surface area contributed by atoms with Crippen molar-refractivity contribution >= 4 is 75.4 Å². The van der Waals surface area contributed by atoms with Gasteiger partial charge in [-0.2, -0.15) is 0 Å². The summed E-state index contributed by atoms with van der Waals surface area (Å²) < 4.78 is 0. The standard InChI is InChI=1S/C65H38/c1-2-18-43-40(17-1)37-56(47-22-4-3-19-44(43)47)62-53-28-10-8-26-51(53)61(52-27-9-11-29-54(52)62)41-34-33-39-36-57-60(38-42(39)35-41)65(58-31-15-13-23-48(58)49-24-14-16-32-59(49)65)64-55-30-12-6-21-46(55)45-20-5-7-25-50(45)63(57)64/h1-38H. The minimum Gasteiger partial charge on any atom is -0.0619 e. The molecule has 0 saturated heterocycles. The van der Waals surface area contributed by atoms with Gasteiger partial charge in [-0.1, -0.05) is 206 Å². The van der Waals surface area contributed by atoms with Crippen LogP contribution in [0.4, 0.5) is 0 Å². The van der Waals surface area contributed by atoms with E-state index in [-0.39, 0.29) is 0 Å². The van der Waals surface area contributed by atoms with E-state index in [1.54, 1.807) is 0 Å². The molecule has 1 spiro atoms. The zero-order chi connectivity index (χ0) is 42.4. The molecule has 0 radical (unpaired) electrons. The molecule has 0 N–H and O–H groups in total. The quantitative estimate of drug-likeness (QED) is 0.120. The van der Waals surface area contributed by atoms with E-state index < -0.39 is 5.41 Å². The van der Waals surface area contributed by atoms with Gasteiger partial charge in [0.15, 0.2) is 0 Å². The van der Waals surface area contributed by atoms with Crippen molar-refractivity contribution < 1.29 is 0 Å². The summed E-state index contributed by atoms with van der Waals surface area (Å²) in [6.45, 7) is 0. The molecule has 0 atom stereocenters. The van der Waals surface area contributed by atoms with Gasteiger partial charge in [-0.05, 0) is 166 Å². The summed E-state index contributed by atoms with van der Waals surface area (Å²) in [5.41, 5.74) is 15.4. The Bertz CT molecular complexity index is 4140. The van der Waals surface area contributed by atoms with Gasteiger partial charge in [0.1, 0.15) is 0 Å². The van der Waals surface area contributed by atoms with Gasteiger partial charge in [-0.3, -0.25) is 0 Å². The first kappa shape index (κ1) is 35.2. The van der Waals surface area contributed by atoms with Crippen LogP contribution in [0.2, 0.25) is 0 Å². The second-order valence-electron chi connectivity index (χ2n) is 18.2. The highest BCUT2D eigenvalue weighted by Crippen LogP contribution is 2.66. The van der Waals surface area contributed by atoms with Crippen molar-refractivity contribution in [1.29, 1.82) is 0 Å². The first-order valence-corrected chi connectivity index (χ1v) is 22.8. The number of hydrogen-bond acceptors (Lipinski definition) is 0. The van der Waals surface area contributed by atoms with Gasteiger partial charge in [0.25, 0.3) is 0 Å². The van der Waals surface area contributed by atoms with Crippen LogP contribution in [0.1, 0.15) is 22.3 Å². The summed E-state index contributed by atoms with van der Waals surface area (Å²) in [4.78, 5) is 0. The van der Waals surface area contributed by atoms with Crippen LogP contribution < -0.4 is 0 Å². The predicted octanol–water partition coefficient (Wildman–Crippen LogP) is 17.4. The summed E-state index contributed by atoms with van der Waals surface area (Å²) in [7, 11) is 0. The van der Waals surface area contributed by atoms with Crippen LogP contribution in [0.5, 0.6) is 0 Å². The first-order chi connectivity index (χ1) is 32.3. The van der Waals surface area contributed by atoms with Crippen LogP contribution in [0, 0.1) is 0 Å². The van der Waals surface area contributed by atoms with Gasteiger partial charge in [0.2, 0.25) is 0 Å². The molecule has 0 aliphatic heterocycles. The molecule has 0 heterocycles. The maximum Gasteiger partial charge on any atom is 0.0731 e. The highest BCUT2D eigenvalue weighted by atomic mass is 14.5. The molecule has 0 nitrogen and oxygen atoms in total. The van der Waals surface area contributed by atoms with Crippen LogP contribution in [0.15, 0.2) is 231 Å². The molecule has 298 valence electrons. The van der Waals surface area contributed by atoms with Crippen LogP contribution in [-0.4, -0.2) is 0 Å². The third kappa shape index (κ3) is 4.51. The molecule has 13 aromatic rings. The molecule has 0 fully saturated rings. The van der Waals surface area contributed by atoms with Crippen molar-refractivity contribution in [3.63, 3.8) is 0 Å². The molecule has 2 aliphatic carbocycles. The van der Waals surface area contributed by atoms with Crippen LogP contribution in [0.3, 0.4) is 0 Å². The molecule has 0 unspecified atom stereocenters. The Hall–Kier alpha value is -8.32.